The SMILES string of the molecule is [2H]C([2H])([2H])c1ccc(-c2ccc3c(n2)sc2c(-c4nc5ccccc5n4-c4ccc(C(C)(C)C)cc4)ccc(C)c23)cc1. The summed E-state index contributed by atoms with van der Waals surface area (Å²) in [5.41, 5.74) is 8.77. The van der Waals surface area contributed by atoms with Gasteiger partial charge in [0.1, 0.15) is 10.7 Å². The van der Waals surface area contributed by atoms with Crippen molar-refractivity contribution in [3.8, 4) is 28.3 Å². The zero-order valence-corrected chi connectivity index (χ0v) is 23.8. The van der Waals surface area contributed by atoms with E-state index in [0.29, 0.717) is 5.56 Å². The van der Waals surface area contributed by atoms with Crippen LogP contribution >= 0.6 is 11.3 Å². The molecule has 0 atom stereocenters. The largest absolute Gasteiger partial charge is 0.292 e. The molecule has 0 amide bonds. The second-order valence-electron chi connectivity index (χ2n) is 11.4. The maximum absolute atomic E-state index is 7.68. The zero-order valence-electron chi connectivity index (χ0n) is 26.0. The second kappa shape index (κ2) is 9.14. The van der Waals surface area contributed by atoms with Crippen LogP contribution in [0.1, 0.15) is 41.6 Å². The standard InChI is InChI=1S/C36H31N3S/c1-22-10-13-24(14-11-22)29-21-20-27-32-23(2)12-19-28(33(32)40-35(27)38-29)34-37-30-8-6-7-9-31(30)39(34)26-17-15-25(16-18-26)36(3,4)5/h6-21H,1-5H3/i1D3. The van der Waals surface area contributed by atoms with Crippen LogP contribution in [0, 0.1) is 13.8 Å². The fraction of sp³-hybridized carbons (Fsp3) is 0.167. The van der Waals surface area contributed by atoms with Gasteiger partial charge in [-0.2, -0.15) is 0 Å². The van der Waals surface area contributed by atoms with Crippen LogP contribution < -0.4 is 0 Å². The smallest absolute Gasteiger partial charge is 0.147 e. The van der Waals surface area contributed by atoms with Crippen LogP contribution in [0.15, 0.2) is 97.1 Å². The summed E-state index contributed by atoms with van der Waals surface area (Å²) < 4.78 is 26.5. The number of imidazole rings is 1. The van der Waals surface area contributed by atoms with Crippen molar-refractivity contribution in [1.82, 2.24) is 14.5 Å². The van der Waals surface area contributed by atoms with Gasteiger partial charge >= 0.3 is 0 Å². The number of benzene rings is 4. The molecule has 3 aromatic heterocycles. The Hall–Kier alpha value is -4.28. The topological polar surface area (TPSA) is 30.7 Å². The molecule has 3 nitrogen and oxygen atoms in total. The van der Waals surface area contributed by atoms with Gasteiger partial charge in [0.25, 0.3) is 0 Å². The van der Waals surface area contributed by atoms with Gasteiger partial charge in [-0.3, -0.25) is 4.57 Å². The minimum atomic E-state index is -2.12. The molecule has 0 N–H and O–H groups in total. The number of hydrogen-bond donors (Lipinski definition) is 0. The quantitative estimate of drug-likeness (QED) is 0.223. The lowest BCUT2D eigenvalue weighted by Gasteiger charge is -2.19. The molecular formula is C36H31N3S. The summed E-state index contributed by atoms with van der Waals surface area (Å²) in [4.78, 5) is 11.2. The van der Waals surface area contributed by atoms with Crippen molar-refractivity contribution in [2.24, 2.45) is 0 Å². The van der Waals surface area contributed by atoms with E-state index in [4.69, 9.17) is 14.1 Å². The summed E-state index contributed by atoms with van der Waals surface area (Å²) in [5.74, 6) is 0.904. The Balaban J connectivity index is 1.41. The third-order valence-corrected chi connectivity index (χ3v) is 8.80. The van der Waals surface area contributed by atoms with E-state index in [0.717, 1.165) is 54.3 Å². The number of aryl methyl sites for hydroxylation is 2. The zero-order chi connectivity index (χ0) is 30.1. The summed E-state index contributed by atoms with van der Waals surface area (Å²) in [7, 11) is 0. The number of hydrogen-bond acceptors (Lipinski definition) is 3. The number of fused-ring (bicyclic) bond motifs is 4. The van der Waals surface area contributed by atoms with Crippen LogP contribution in [0.5, 0.6) is 0 Å². The van der Waals surface area contributed by atoms with Crippen molar-refractivity contribution in [3.05, 3.63) is 114 Å². The third kappa shape index (κ3) is 4.02. The Kier molecular flexibility index (Phi) is 4.92. The molecule has 3 heterocycles. The molecular weight excluding hydrogens is 506 g/mol. The fourth-order valence-corrected chi connectivity index (χ4v) is 6.74. The first-order valence-corrected chi connectivity index (χ1v) is 14.3. The Morgan fingerprint density at radius 2 is 1.57 bits per heavy atom. The highest BCUT2D eigenvalue weighted by atomic mass is 32.1. The lowest BCUT2D eigenvalue weighted by molar-refractivity contribution is 0.590. The number of para-hydroxylation sites is 2. The van der Waals surface area contributed by atoms with Crippen LogP contribution in [-0.2, 0) is 5.41 Å². The van der Waals surface area contributed by atoms with Gasteiger partial charge in [-0.15, -0.1) is 11.3 Å². The highest BCUT2D eigenvalue weighted by molar-refractivity contribution is 7.26. The molecule has 0 aliphatic rings. The van der Waals surface area contributed by atoms with E-state index in [1.807, 2.05) is 24.3 Å². The first-order valence-electron chi connectivity index (χ1n) is 15.0. The molecule has 0 aliphatic heterocycles. The first-order chi connectivity index (χ1) is 20.5. The van der Waals surface area contributed by atoms with Crippen LogP contribution in [0.25, 0.3) is 59.7 Å². The molecule has 0 aliphatic carbocycles. The monoisotopic (exact) mass is 540 g/mol. The molecule has 7 rings (SSSR count). The van der Waals surface area contributed by atoms with Crippen LogP contribution in [0.3, 0.4) is 0 Å². The molecule has 196 valence electrons. The predicted molar refractivity (Wildman–Crippen MR) is 171 cm³/mol. The Bertz CT molecular complexity index is 2150. The Morgan fingerprint density at radius 3 is 2.33 bits per heavy atom. The Labute approximate surface area is 243 Å². The van der Waals surface area contributed by atoms with Gasteiger partial charge in [-0.25, -0.2) is 9.97 Å². The molecule has 0 bridgehead atoms. The molecule has 0 fully saturated rings. The van der Waals surface area contributed by atoms with Crippen LogP contribution in [-0.4, -0.2) is 14.5 Å². The van der Waals surface area contributed by atoms with E-state index < -0.39 is 6.85 Å². The molecule has 0 spiro atoms. The lowest BCUT2D eigenvalue weighted by atomic mass is 9.87. The second-order valence-corrected chi connectivity index (χ2v) is 12.4. The van der Waals surface area contributed by atoms with E-state index in [1.54, 1.807) is 23.5 Å². The van der Waals surface area contributed by atoms with Crippen molar-refractivity contribution in [2.75, 3.05) is 0 Å². The van der Waals surface area contributed by atoms with E-state index in [9.17, 15) is 0 Å². The predicted octanol–water partition coefficient (Wildman–Crippen LogP) is 10.0. The number of nitrogens with zero attached hydrogens (tertiary/aromatic N) is 3. The maximum Gasteiger partial charge on any atom is 0.147 e. The highest BCUT2D eigenvalue weighted by Gasteiger charge is 2.21. The van der Waals surface area contributed by atoms with Crippen LogP contribution in [0.4, 0.5) is 0 Å². The maximum atomic E-state index is 7.68. The average molecular weight is 541 g/mol. The summed E-state index contributed by atoms with van der Waals surface area (Å²) in [6, 6.07) is 32.7. The third-order valence-electron chi connectivity index (χ3n) is 7.67. The fourth-order valence-electron chi connectivity index (χ4n) is 5.48. The van der Waals surface area contributed by atoms with E-state index in [2.05, 4.69) is 92.9 Å². The minimum absolute atomic E-state index is 0.0713. The number of pyridine rings is 1. The van der Waals surface area contributed by atoms with Gasteiger partial charge < -0.3 is 0 Å². The van der Waals surface area contributed by atoms with Crippen molar-refractivity contribution in [3.63, 3.8) is 0 Å². The van der Waals surface area contributed by atoms with Crippen molar-refractivity contribution in [1.29, 1.82) is 0 Å². The molecule has 4 heteroatoms. The molecule has 40 heavy (non-hydrogen) atoms. The molecule has 0 unspecified atom stereocenters. The van der Waals surface area contributed by atoms with Crippen molar-refractivity contribution >= 4 is 42.7 Å². The molecule has 0 saturated heterocycles. The summed E-state index contributed by atoms with van der Waals surface area (Å²) in [6.45, 7) is 6.72. The van der Waals surface area contributed by atoms with E-state index in [-0.39, 0.29) is 5.41 Å². The number of thiophene rings is 1. The Morgan fingerprint density at radius 1 is 0.800 bits per heavy atom. The van der Waals surface area contributed by atoms with Crippen molar-refractivity contribution < 1.29 is 4.11 Å². The van der Waals surface area contributed by atoms with Gasteiger partial charge in [-0.05, 0) is 72.8 Å². The van der Waals surface area contributed by atoms with Gasteiger partial charge in [0, 0.05) is 36.4 Å². The molecule has 0 radical (unpaired) electrons. The molecule has 7 aromatic rings. The molecule has 4 aromatic carbocycles. The van der Waals surface area contributed by atoms with Gasteiger partial charge in [-0.1, -0.05) is 80.9 Å². The van der Waals surface area contributed by atoms with E-state index in [1.165, 1.54) is 16.5 Å². The summed E-state index contributed by atoms with van der Waals surface area (Å²) in [6.07, 6.45) is 0. The van der Waals surface area contributed by atoms with Gasteiger partial charge in [0.2, 0.25) is 0 Å². The van der Waals surface area contributed by atoms with Crippen LogP contribution in [0.2, 0.25) is 0 Å². The average Bonchev–Trinajstić information content (AvgIpc) is 3.56. The van der Waals surface area contributed by atoms with Crippen molar-refractivity contribution in [2.45, 2.75) is 40.0 Å². The summed E-state index contributed by atoms with van der Waals surface area (Å²) in [5, 5.41) is 2.30. The first kappa shape index (κ1) is 21.5. The van der Waals surface area contributed by atoms with E-state index >= 15 is 0 Å². The normalized spacial score (nSPS) is 13.6. The molecule has 0 saturated carbocycles. The van der Waals surface area contributed by atoms with Gasteiger partial charge in [0.05, 0.1) is 16.7 Å². The van der Waals surface area contributed by atoms with Gasteiger partial charge in [0.15, 0.2) is 0 Å². The minimum Gasteiger partial charge on any atom is -0.292 e. The summed E-state index contributed by atoms with van der Waals surface area (Å²) >= 11 is 1.68. The lowest BCUT2D eigenvalue weighted by Crippen LogP contribution is -2.11. The highest BCUT2D eigenvalue weighted by Crippen LogP contribution is 2.42. The number of aromatic nitrogens is 3. The number of rotatable bonds is 3.